The van der Waals surface area contributed by atoms with Crippen LogP contribution in [-0.4, -0.2) is 6.43 Å². The lowest BCUT2D eigenvalue weighted by molar-refractivity contribution is 0.114. The molecule has 0 bridgehead atoms. The second-order valence-corrected chi connectivity index (χ2v) is 6.18. The average molecular weight is 352 g/mol. The summed E-state index contributed by atoms with van der Waals surface area (Å²) >= 11 is 0. The van der Waals surface area contributed by atoms with Crippen molar-refractivity contribution in [3.05, 3.63) is 107 Å². The average Bonchev–Trinajstić information content (AvgIpc) is 2.67. The third-order valence-corrected chi connectivity index (χ3v) is 4.31. The number of halogens is 3. The number of benzene rings is 3. The highest BCUT2D eigenvalue weighted by Gasteiger charge is 2.22. The Morgan fingerprint density at radius 2 is 1.23 bits per heavy atom. The molecule has 0 aliphatic rings. The van der Waals surface area contributed by atoms with Crippen LogP contribution in [0.2, 0.25) is 0 Å². The molecule has 0 aliphatic carbocycles. The third-order valence-electron chi connectivity index (χ3n) is 4.31. The summed E-state index contributed by atoms with van der Waals surface area (Å²) in [5.74, 6) is -1.07. The molecule has 1 atom stereocenters. The van der Waals surface area contributed by atoms with E-state index in [1.54, 1.807) is 36.4 Å². The quantitative estimate of drug-likeness (QED) is 0.439. The standard InChI is InChI=1S/C23H19F3/c24-21-14-12-18(13-15-21)7-6-17-8-10-19(11-9-17)16-22(23(25)26)20-4-2-1-3-5-20/h1-15,22-23H,16H2/b7-6+. The van der Waals surface area contributed by atoms with E-state index in [9.17, 15) is 13.2 Å². The Morgan fingerprint density at radius 1 is 0.692 bits per heavy atom. The molecule has 26 heavy (non-hydrogen) atoms. The second-order valence-electron chi connectivity index (χ2n) is 6.18. The van der Waals surface area contributed by atoms with Gasteiger partial charge in [0.2, 0.25) is 6.43 Å². The highest BCUT2D eigenvalue weighted by atomic mass is 19.3. The van der Waals surface area contributed by atoms with E-state index in [4.69, 9.17) is 0 Å². The van der Waals surface area contributed by atoms with E-state index in [-0.39, 0.29) is 5.82 Å². The highest BCUT2D eigenvalue weighted by molar-refractivity contribution is 5.69. The van der Waals surface area contributed by atoms with Gasteiger partial charge in [0.15, 0.2) is 0 Å². The van der Waals surface area contributed by atoms with Crippen LogP contribution in [0.5, 0.6) is 0 Å². The molecule has 0 aliphatic heterocycles. The fraction of sp³-hybridized carbons (Fsp3) is 0.130. The van der Waals surface area contributed by atoms with Crippen molar-refractivity contribution in [1.82, 2.24) is 0 Å². The first kappa shape index (κ1) is 18.0. The molecular formula is C23H19F3. The monoisotopic (exact) mass is 352 g/mol. The van der Waals surface area contributed by atoms with Crippen molar-refractivity contribution >= 4 is 12.2 Å². The zero-order valence-corrected chi connectivity index (χ0v) is 14.2. The maximum absolute atomic E-state index is 13.4. The summed E-state index contributed by atoms with van der Waals surface area (Å²) < 4.78 is 39.8. The minimum absolute atomic E-state index is 0.265. The van der Waals surface area contributed by atoms with E-state index in [1.807, 2.05) is 42.5 Å². The SMILES string of the molecule is Fc1ccc(/C=C/c2ccc(CC(c3ccccc3)C(F)F)cc2)cc1. The molecule has 3 aromatic rings. The van der Waals surface area contributed by atoms with Gasteiger partial charge in [0.25, 0.3) is 0 Å². The number of hydrogen-bond donors (Lipinski definition) is 0. The Kier molecular flexibility index (Phi) is 5.90. The Bertz CT molecular complexity index is 835. The van der Waals surface area contributed by atoms with Crippen LogP contribution in [0.15, 0.2) is 78.9 Å². The van der Waals surface area contributed by atoms with E-state index < -0.39 is 12.3 Å². The van der Waals surface area contributed by atoms with Gasteiger partial charge in [-0.1, -0.05) is 78.9 Å². The predicted molar refractivity (Wildman–Crippen MR) is 101 cm³/mol. The highest BCUT2D eigenvalue weighted by Crippen LogP contribution is 2.27. The summed E-state index contributed by atoms with van der Waals surface area (Å²) in [7, 11) is 0. The molecule has 0 saturated carbocycles. The molecule has 0 aromatic heterocycles. The van der Waals surface area contributed by atoms with Crippen molar-refractivity contribution in [3.8, 4) is 0 Å². The summed E-state index contributed by atoms with van der Waals surface area (Å²) in [6.45, 7) is 0. The van der Waals surface area contributed by atoms with Crippen LogP contribution in [0.1, 0.15) is 28.2 Å². The fourth-order valence-corrected chi connectivity index (χ4v) is 2.84. The lowest BCUT2D eigenvalue weighted by Crippen LogP contribution is -2.12. The molecule has 0 fully saturated rings. The van der Waals surface area contributed by atoms with Crippen LogP contribution in [0.4, 0.5) is 13.2 Å². The summed E-state index contributed by atoms with van der Waals surface area (Å²) in [5.41, 5.74) is 3.39. The van der Waals surface area contributed by atoms with Crippen LogP contribution in [0, 0.1) is 5.82 Å². The molecule has 1 unspecified atom stereocenters. The number of rotatable bonds is 6. The van der Waals surface area contributed by atoms with Crippen molar-refractivity contribution in [1.29, 1.82) is 0 Å². The molecule has 0 saturated heterocycles. The molecule has 0 amide bonds. The van der Waals surface area contributed by atoms with E-state index >= 15 is 0 Å². The Labute approximate surface area is 151 Å². The topological polar surface area (TPSA) is 0 Å². The summed E-state index contributed by atoms with van der Waals surface area (Å²) in [5, 5.41) is 0. The molecule has 0 spiro atoms. The zero-order chi connectivity index (χ0) is 18.4. The first-order chi connectivity index (χ1) is 12.6. The molecule has 3 rings (SSSR count). The van der Waals surface area contributed by atoms with Crippen LogP contribution in [-0.2, 0) is 6.42 Å². The van der Waals surface area contributed by atoms with Gasteiger partial charge in [0, 0.05) is 5.92 Å². The van der Waals surface area contributed by atoms with Crippen molar-refractivity contribution < 1.29 is 13.2 Å². The molecule has 0 nitrogen and oxygen atoms in total. The van der Waals surface area contributed by atoms with Crippen molar-refractivity contribution in [2.75, 3.05) is 0 Å². The van der Waals surface area contributed by atoms with Gasteiger partial charge in [-0.2, -0.15) is 0 Å². The summed E-state index contributed by atoms with van der Waals surface area (Å²) in [6.07, 6.45) is 1.69. The third kappa shape index (κ3) is 4.85. The van der Waals surface area contributed by atoms with Gasteiger partial charge < -0.3 is 0 Å². The lowest BCUT2D eigenvalue weighted by Gasteiger charge is -2.16. The van der Waals surface area contributed by atoms with E-state index in [0.717, 1.165) is 16.7 Å². The molecular weight excluding hydrogens is 333 g/mol. The van der Waals surface area contributed by atoms with Gasteiger partial charge in [-0.25, -0.2) is 13.2 Å². The number of alkyl halides is 2. The van der Waals surface area contributed by atoms with Crippen molar-refractivity contribution in [3.63, 3.8) is 0 Å². The maximum Gasteiger partial charge on any atom is 0.245 e. The van der Waals surface area contributed by atoms with Crippen LogP contribution >= 0.6 is 0 Å². The van der Waals surface area contributed by atoms with Gasteiger partial charge in [-0.05, 0) is 40.8 Å². The molecule has 132 valence electrons. The van der Waals surface area contributed by atoms with E-state index in [2.05, 4.69) is 0 Å². The Balaban J connectivity index is 1.69. The molecule has 3 aromatic carbocycles. The van der Waals surface area contributed by atoms with Gasteiger partial charge in [0.1, 0.15) is 5.82 Å². The molecule has 0 radical (unpaired) electrons. The van der Waals surface area contributed by atoms with Crippen LogP contribution in [0.3, 0.4) is 0 Å². The van der Waals surface area contributed by atoms with Crippen molar-refractivity contribution in [2.24, 2.45) is 0 Å². The minimum atomic E-state index is -2.41. The molecule has 3 heteroatoms. The van der Waals surface area contributed by atoms with Crippen LogP contribution in [0.25, 0.3) is 12.2 Å². The Hall–Kier alpha value is -2.81. The smallest absolute Gasteiger partial charge is 0.210 e. The normalized spacial score (nSPS) is 12.6. The zero-order valence-electron chi connectivity index (χ0n) is 14.2. The maximum atomic E-state index is 13.4. The largest absolute Gasteiger partial charge is 0.245 e. The van der Waals surface area contributed by atoms with E-state index in [0.29, 0.717) is 12.0 Å². The van der Waals surface area contributed by atoms with Gasteiger partial charge in [0.05, 0.1) is 0 Å². The number of hydrogen-bond acceptors (Lipinski definition) is 0. The van der Waals surface area contributed by atoms with Gasteiger partial charge in [-0.15, -0.1) is 0 Å². The van der Waals surface area contributed by atoms with Crippen molar-refractivity contribution in [2.45, 2.75) is 18.8 Å². The first-order valence-corrected chi connectivity index (χ1v) is 8.47. The van der Waals surface area contributed by atoms with E-state index in [1.165, 1.54) is 12.1 Å². The van der Waals surface area contributed by atoms with Gasteiger partial charge >= 0.3 is 0 Å². The summed E-state index contributed by atoms with van der Waals surface area (Å²) in [6, 6.07) is 22.7. The predicted octanol–water partition coefficient (Wildman–Crippen LogP) is 6.59. The minimum Gasteiger partial charge on any atom is -0.210 e. The second kappa shape index (κ2) is 8.52. The first-order valence-electron chi connectivity index (χ1n) is 8.47. The van der Waals surface area contributed by atoms with Crippen LogP contribution < -0.4 is 0 Å². The van der Waals surface area contributed by atoms with Gasteiger partial charge in [-0.3, -0.25) is 0 Å². The molecule has 0 N–H and O–H groups in total. The molecule has 0 heterocycles. The summed E-state index contributed by atoms with van der Waals surface area (Å²) in [4.78, 5) is 0. The lowest BCUT2D eigenvalue weighted by atomic mass is 9.92. The Morgan fingerprint density at radius 3 is 1.77 bits per heavy atom. The fourth-order valence-electron chi connectivity index (χ4n) is 2.84.